The van der Waals surface area contributed by atoms with Gasteiger partial charge in [0.2, 0.25) is 5.78 Å². The van der Waals surface area contributed by atoms with Crippen LogP contribution in [0.2, 0.25) is 5.02 Å². The lowest BCUT2D eigenvalue weighted by molar-refractivity contribution is -0.857. The van der Waals surface area contributed by atoms with E-state index in [1.54, 1.807) is 12.1 Å². The van der Waals surface area contributed by atoms with E-state index in [0.717, 1.165) is 16.0 Å². The van der Waals surface area contributed by atoms with Crippen LogP contribution in [-0.4, -0.2) is 50.9 Å². The topological polar surface area (TPSA) is 74.1 Å². The van der Waals surface area contributed by atoms with Gasteiger partial charge in [-0.3, -0.25) is 9.59 Å². The number of likely N-dealkylation sites (N-methyl/N-ethyl adjacent to an activating group) is 1. The minimum Gasteiger partial charge on any atom is -0.872 e. The van der Waals surface area contributed by atoms with Crippen molar-refractivity contribution in [1.82, 2.24) is 4.90 Å². The van der Waals surface area contributed by atoms with E-state index in [1.807, 2.05) is 45.3 Å². The Morgan fingerprint density at radius 2 is 1.83 bits per heavy atom. The van der Waals surface area contributed by atoms with Gasteiger partial charge in [-0.15, -0.1) is 0 Å². The molecule has 2 aromatic rings. The van der Waals surface area contributed by atoms with E-state index in [9.17, 15) is 14.7 Å². The summed E-state index contributed by atoms with van der Waals surface area (Å²) >= 11 is 6.18. The molecule has 1 atom stereocenters. The molecule has 1 unspecified atom stereocenters. The third-order valence-electron chi connectivity index (χ3n) is 5.19. The highest BCUT2D eigenvalue weighted by Gasteiger charge is 2.44. The van der Waals surface area contributed by atoms with Crippen molar-refractivity contribution in [2.24, 2.45) is 0 Å². The van der Waals surface area contributed by atoms with Crippen molar-refractivity contribution in [2.75, 3.05) is 34.3 Å². The number of nitrogens with one attached hydrogen (secondary N) is 1. The Balaban J connectivity index is 2.14. The van der Waals surface area contributed by atoms with Gasteiger partial charge in [-0.25, -0.2) is 0 Å². The Hall–Kier alpha value is -2.83. The maximum Gasteiger partial charge on any atom is 0.295 e. The zero-order valence-electron chi connectivity index (χ0n) is 17.5. The van der Waals surface area contributed by atoms with E-state index >= 15 is 0 Å². The van der Waals surface area contributed by atoms with Crippen molar-refractivity contribution in [3.63, 3.8) is 0 Å². The summed E-state index contributed by atoms with van der Waals surface area (Å²) in [5.74, 6) is -1.48. The molecule has 2 aromatic carbocycles. The number of Topliss-reactive ketones (excluding diaryl/α,β-unsaturated/α-hetero) is 1. The molecule has 1 aliphatic heterocycles. The number of benzene rings is 2. The molecule has 1 amide bonds. The fraction of sp³-hybridized carbons (Fsp3) is 0.304. The average Bonchev–Trinajstić information content (AvgIpc) is 2.96. The number of hydrogen-bond donors (Lipinski definition) is 1. The number of halogens is 1. The van der Waals surface area contributed by atoms with E-state index < -0.39 is 23.5 Å². The molecule has 0 bridgehead atoms. The van der Waals surface area contributed by atoms with Gasteiger partial charge in [-0.05, 0) is 30.2 Å². The van der Waals surface area contributed by atoms with E-state index in [0.29, 0.717) is 18.8 Å². The highest BCUT2D eigenvalue weighted by molar-refractivity contribution is 6.46. The van der Waals surface area contributed by atoms with Crippen molar-refractivity contribution < 1.29 is 24.3 Å². The number of carbonyl (C=O) groups excluding carboxylic acids is 2. The van der Waals surface area contributed by atoms with Crippen LogP contribution in [0.25, 0.3) is 5.76 Å². The van der Waals surface area contributed by atoms with Gasteiger partial charge < -0.3 is 19.6 Å². The summed E-state index contributed by atoms with van der Waals surface area (Å²) in [6, 6.07) is 11.4. The minimum atomic E-state index is -0.758. The average molecular weight is 429 g/mol. The first-order valence-corrected chi connectivity index (χ1v) is 10.1. The number of likely N-dealkylation sites (tertiary alicyclic amines) is 1. The van der Waals surface area contributed by atoms with Crippen molar-refractivity contribution in [3.8, 4) is 5.75 Å². The molecule has 158 valence electrons. The Labute approximate surface area is 181 Å². The molecule has 1 N–H and O–H groups in total. The first-order chi connectivity index (χ1) is 14.2. The van der Waals surface area contributed by atoms with Crippen LogP contribution in [0.5, 0.6) is 5.75 Å². The van der Waals surface area contributed by atoms with Crippen LogP contribution in [0.4, 0.5) is 0 Å². The number of carbonyl (C=O) groups is 2. The fourth-order valence-corrected chi connectivity index (χ4v) is 3.76. The first-order valence-electron chi connectivity index (χ1n) is 9.70. The number of ether oxygens (including phenoxy) is 1. The van der Waals surface area contributed by atoms with E-state index in [-0.39, 0.29) is 16.2 Å². The lowest BCUT2D eigenvalue weighted by atomic mass is 9.94. The second-order valence-electron chi connectivity index (χ2n) is 7.69. The van der Waals surface area contributed by atoms with Gasteiger partial charge >= 0.3 is 0 Å². The molecule has 1 heterocycles. The molecule has 0 aliphatic carbocycles. The standard InChI is InChI=1S/C23H25ClN2O4/c1-14-5-7-15(8-6-14)20-19(22(28)23(29)26(20)12-11-25(2)3)21(27)16-9-10-18(30-4)17(24)13-16/h5-10,13,20,27H,11-12H2,1-4H3/b21-19+. The van der Waals surface area contributed by atoms with Crippen LogP contribution in [0.15, 0.2) is 48.0 Å². The van der Waals surface area contributed by atoms with Crippen LogP contribution in [-0.2, 0) is 9.59 Å². The van der Waals surface area contributed by atoms with Gasteiger partial charge in [0, 0.05) is 5.57 Å². The summed E-state index contributed by atoms with van der Waals surface area (Å²) in [7, 11) is 5.42. The number of amides is 1. The molecular formula is C23H25ClN2O4. The Morgan fingerprint density at radius 3 is 2.40 bits per heavy atom. The summed E-state index contributed by atoms with van der Waals surface area (Å²) in [4.78, 5) is 28.4. The molecule has 6 nitrogen and oxygen atoms in total. The predicted molar refractivity (Wildman–Crippen MR) is 113 cm³/mol. The lowest BCUT2D eigenvalue weighted by Crippen LogP contribution is -3.06. The number of quaternary nitrogens is 1. The van der Waals surface area contributed by atoms with Crippen LogP contribution in [0.1, 0.15) is 22.7 Å². The molecule has 1 aliphatic rings. The number of nitrogens with zero attached hydrogens (tertiary/aromatic N) is 1. The van der Waals surface area contributed by atoms with E-state index in [4.69, 9.17) is 16.3 Å². The normalized spacial score (nSPS) is 18.3. The minimum absolute atomic E-state index is 0.0427. The molecule has 3 rings (SSSR count). The maximum atomic E-state index is 13.3. The number of methoxy groups -OCH3 is 1. The van der Waals surface area contributed by atoms with E-state index in [1.165, 1.54) is 18.1 Å². The second kappa shape index (κ2) is 8.90. The third-order valence-corrected chi connectivity index (χ3v) is 5.48. The van der Waals surface area contributed by atoms with Crippen LogP contribution in [0, 0.1) is 6.92 Å². The zero-order valence-corrected chi connectivity index (χ0v) is 18.2. The lowest BCUT2D eigenvalue weighted by Gasteiger charge is -2.28. The molecule has 1 fully saturated rings. The number of ketones is 1. The second-order valence-corrected chi connectivity index (χ2v) is 8.10. The molecular weight excluding hydrogens is 404 g/mol. The SMILES string of the molecule is COc1ccc(/C([O-])=C2\C(=O)C(=O)N(CC[NH+](C)C)C2c2ccc(C)cc2)cc1Cl. The van der Waals surface area contributed by atoms with Crippen LogP contribution in [0.3, 0.4) is 0 Å². The zero-order chi connectivity index (χ0) is 22.0. The number of hydrogen-bond acceptors (Lipinski definition) is 4. The first kappa shape index (κ1) is 21.9. The van der Waals surface area contributed by atoms with Gasteiger partial charge in [0.1, 0.15) is 5.75 Å². The third kappa shape index (κ3) is 4.20. The molecule has 0 aromatic heterocycles. The molecule has 0 radical (unpaired) electrons. The van der Waals surface area contributed by atoms with Crippen molar-refractivity contribution in [1.29, 1.82) is 0 Å². The van der Waals surface area contributed by atoms with E-state index in [2.05, 4.69) is 0 Å². The molecule has 30 heavy (non-hydrogen) atoms. The Morgan fingerprint density at radius 1 is 1.17 bits per heavy atom. The number of rotatable bonds is 6. The van der Waals surface area contributed by atoms with Gasteiger partial charge in [0.25, 0.3) is 5.91 Å². The van der Waals surface area contributed by atoms with Crippen molar-refractivity contribution in [3.05, 3.63) is 69.8 Å². The predicted octanol–water partition coefficient (Wildman–Crippen LogP) is 1.03. The van der Waals surface area contributed by atoms with Crippen molar-refractivity contribution in [2.45, 2.75) is 13.0 Å². The van der Waals surface area contributed by atoms with Crippen LogP contribution >= 0.6 is 11.6 Å². The molecule has 0 saturated carbocycles. The van der Waals surface area contributed by atoms with Gasteiger partial charge in [0.05, 0.1) is 45.4 Å². The van der Waals surface area contributed by atoms with Gasteiger partial charge in [0.15, 0.2) is 0 Å². The fourth-order valence-electron chi connectivity index (χ4n) is 3.50. The van der Waals surface area contributed by atoms with Gasteiger partial charge in [-0.1, -0.05) is 53.3 Å². The molecule has 7 heteroatoms. The Bertz CT molecular complexity index is 999. The smallest absolute Gasteiger partial charge is 0.295 e. The van der Waals surface area contributed by atoms with Gasteiger partial charge in [-0.2, -0.15) is 0 Å². The molecule has 0 spiro atoms. The summed E-state index contributed by atoms with van der Waals surface area (Å²) in [5.41, 5.74) is 1.98. The largest absolute Gasteiger partial charge is 0.872 e. The monoisotopic (exact) mass is 428 g/mol. The summed E-state index contributed by atoms with van der Waals surface area (Å²) in [5, 5.41) is 13.6. The maximum absolute atomic E-state index is 13.3. The molecule has 1 saturated heterocycles. The summed E-state index contributed by atoms with van der Waals surface area (Å²) in [6.07, 6.45) is 0. The highest BCUT2D eigenvalue weighted by atomic mass is 35.5. The van der Waals surface area contributed by atoms with Crippen molar-refractivity contribution >= 4 is 29.1 Å². The number of aryl methyl sites for hydroxylation is 1. The Kier molecular flexibility index (Phi) is 6.48. The highest BCUT2D eigenvalue weighted by Crippen LogP contribution is 2.39. The van der Waals surface area contributed by atoms with Crippen LogP contribution < -0.4 is 14.7 Å². The quantitative estimate of drug-likeness (QED) is 0.423. The summed E-state index contributed by atoms with van der Waals surface area (Å²) < 4.78 is 5.13. The summed E-state index contributed by atoms with van der Waals surface area (Å²) in [6.45, 7) is 2.97.